The number of sulfonamides is 1. The van der Waals surface area contributed by atoms with Crippen molar-refractivity contribution in [2.75, 3.05) is 33.5 Å². The largest absolute Gasteiger partial charge is 0.497 e. The van der Waals surface area contributed by atoms with E-state index in [1.165, 1.54) is 4.31 Å². The number of methoxy groups -OCH3 is 1. The van der Waals surface area contributed by atoms with Gasteiger partial charge in [-0.2, -0.15) is 0 Å². The summed E-state index contributed by atoms with van der Waals surface area (Å²) in [7, 11) is 1.92. The van der Waals surface area contributed by atoms with E-state index in [9.17, 15) is 8.42 Å². The fourth-order valence-corrected chi connectivity index (χ4v) is 3.05. The summed E-state index contributed by atoms with van der Waals surface area (Å²) in [5.74, 6) is 0.966. The maximum absolute atomic E-state index is 12.1. The summed E-state index contributed by atoms with van der Waals surface area (Å²) in [6.07, 6.45) is 1.54. The molecule has 0 fully saturated rings. The second-order valence-electron chi connectivity index (χ2n) is 4.73. The molecule has 0 aliphatic rings. The quantitative estimate of drug-likeness (QED) is 0.701. The molecule has 1 aromatic rings. The van der Waals surface area contributed by atoms with Crippen molar-refractivity contribution in [3.05, 3.63) is 29.8 Å². The molecule has 0 unspecified atom stereocenters. The van der Waals surface area contributed by atoms with Gasteiger partial charge in [0.2, 0.25) is 10.0 Å². The fraction of sp³-hybridized carbons (Fsp3) is 0.571. The first-order chi connectivity index (χ1) is 9.49. The summed E-state index contributed by atoms with van der Waals surface area (Å²) in [5.41, 5.74) is 0.951. The average Bonchev–Trinajstić information content (AvgIpc) is 2.44. The van der Waals surface area contributed by atoms with E-state index in [-0.39, 0.29) is 5.75 Å². The molecule has 1 aromatic carbocycles. The molecular formula is C14H24N2O3S. The summed E-state index contributed by atoms with van der Waals surface area (Å²) in [6.45, 7) is 1.23. The molecule has 0 bridgehead atoms. The van der Waals surface area contributed by atoms with Gasteiger partial charge in [-0.15, -0.1) is 0 Å². The van der Waals surface area contributed by atoms with E-state index in [2.05, 4.69) is 5.32 Å². The van der Waals surface area contributed by atoms with Crippen molar-refractivity contribution in [1.29, 1.82) is 0 Å². The van der Waals surface area contributed by atoms with Crippen LogP contribution in [0.3, 0.4) is 0 Å². The van der Waals surface area contributed by atoms with Gasteiger partial charge in [-0.25, -0.2) is 12.7 Å². The number of nitrogens with one attached hydrogen (secondary N) is 1. The molecule has 0 aliphatic heterocycles. The summed E-state index contributed by atoms with van der Waals surface area (Å²) in [6, 6.07) is 7.43. The first kappa shape index (κ1) is 16.9. The van der Waals surface area contributed by atoms with E-state index in [0.29, 0.717) is 13.0 Å². The van der Waals surface area contributed by atoms with Crippen LogP contribution in [0.1, 0.15) is 18.4 Å². The lowest BCUT2D eigenvalue weighted by molar-refractivity contribution is 0.414. The Bertz CT molecular complexity index is 486. The lowest BCUT2D eigenvalue weighted by Crippen LogP contribution is -2.29. The molecule has 0 spiro atoms. The van der Waals surface area contributed by atoms with E-state index < -0.39 is 10.0 Å². The molecule has 5 nitrogen and oxygen atoms in total. The van der Waals surface area contributed by atoms with E-state index in [4.69, 9.17) is 4.74 Å². The molecule has 0 amide bonds. The van der Waals surface area contributed by atoms with Crippen LogP contribution in [0.2, 0.25) is 0 Å². The number of nitrogens with zero attached hydrogens (tertiary/aromatic N) is 1. The molecule has 6 heteroatoms. The average molecular weight is 300 g/mol. The van der Waals surface area contributed by atoms with Gasteiger partial charge in [0.1, 0.15) is 5.75 Å². The minimum atomic E-state index is -3.18. The Kier molecular flexibility index (Phi) is 6.98. The Labute approximate surface area is 122 Å². The van der Waals surface area contributed by atoms with Crippen LogP contribution in [0, 0.1) is 0 Å². The van der Waals surface area contributed by atoms with Crippen molar-refractivity contribution in [2.45, 2.75) is 19.4 Å². The highest BCUT2D eigenvalue weighted by molar-refractivity contribution is 7.89. The fourth-order valence-electron chi connectivity index (χ4n) is 1.83. The summed E-state index contributed by atoms with van der Waals surface area (Å²) >= 11 is 0. The molecule has 0 atom stereocenters. The van der Waals surface area contributed by atoms with Gasteiger partial charge >= 0.3 is 0 Å². The smallest absolute Gasteiger partial charge is 0.214 e. The lowest BCUT2D eigenvalue weighted by atomic mass is 10.2. The number of hydrogen-bond donors (Lipinski definition) is 1. The number of ether oxygens (including phenoxy) is 1. The van der Waals surface area contributed by atoms with Gasteiger partial charge < -0.3 is 10.1 Å². The number of benzene rings is 1. The van der Waals surface area contributed by atoms with Gasteiger partial charge in [-0.3, -0.25) is 0 Å². The third-order valence-corrected chi connectivity index (χ3v) is 5.00. The first-order valence-corrected chi connectivity index (χ1v) is 8.32. The Balaban J connectivity index is 2.52. The zero-order valence-corrected chi connectivity index (χ0v) is 13.2. The molecule has 0 aromatic heterocycles. The molecule has 0 radical (unpaired) electrons. The zero-order valence-electron chi connectivity index (χ0n) is 12.4. The highest BCUT2D eigenvalue weighted by Gasteiger charge is 2.17. The molecule has 20 heavy (non-hydrogen) atoms. The van der Waals surface area contributed by atoms with Gasteiger partial charge in [0, 0.05) is 13.6 Å². The third kappa shape index (κ3) is 5.48. The van der Waals surface area contributed by atoms with Crippen molar-refractivity contribution < 1.29 is 13.2 Å². The Morgan fingerprint density at radius 1 is 1.20 bits per heavy atom. The summed E-state index contributed by atoms with van der Waals surface area (Å²) in [5, 5.41) is 3.01. The maximum atomic E-state index is 12.1. The third-order valence-electron chi connectivity index (χ3n) is 3.12. The highest BCUT2D eigenvalue weighted by atomic mass is 32.2. The Morgan fingerprint density at radius 3 is 2.40 bits per heavy atom. The van der Waals surface area contributed by atoms with Crippen molar-refractivity contribution >= 4 is 10.0 Å². The van der Waals surface area contributed by atoms with Crippen molar-refractivity contribution in [2.24, 2.45) is 0 Å². The minimum Gasteiger partial charge on any atom is -0.497 e. The van der Waals surface area contributed by atoms with Crippen LogP contribution in [0.5, 0.6) is 5.75 Å². The van der Waals surface area contributed by atoms with Crippen LogP contribution in [0.15, 0.2) is 24.3 Å². The van der Waals surface area contributed by atoms with Crippen LogP contribution in [-0.4, -0.2) is 46.2 Å². The second kappa shape index (κ2) is 8.24. The molecule has 0 heterocycles. The summed E-state index contributed by atoms with van der Waals surface area (Å²) in [4.78, 5) is 0. The van der Waals surface area contributed by atoms with Gasteiger partial charge in [-0.1, -0.05) is 12.1 Å². The van der Waals surface area contributed by atoms with Crippen LogP contribution < -0.4 is 10.1 Å². The Hall–Kier alpha value is -1.11. The highest BCUT2D eigenvalue weighted by Crippen LogP contribution is 2.14. The van der Waals surface area contributed by atoms with Crippen LogP contribution in [0.25, 0.3) is 0 Å². The van der Waals surface area contributed by atoms with Gasteiger partial charge in [0.15, 0.2) is 0 Å². The van der Waals surface area contributed by atoms with E-state index in [1.807, 2.05) is 31.3 Å². The van der Waals surface area contributed by atoms with Crippen LogP contribution in [0.4, 0.5) is 0 Å². The molecule has 0 aliphatic carbocycles. The standard InChI is InChI=1S/C14H24N2O3S/c1-15-10-4-5-11-20(17,18)16(2)12-13-6-8-14(19-3)9-7-13/h6-9,15H,4-5,10-12H2,1-3H3. The van der Waals surface area contributed by atoms with Gasteiger partial charge in [0.25, 0.3) is 0 Å². The van der Waals surface area contributed by atoms with E-state index in [1.54, 1.807) is 14.2 Å². The SMILES string of the molecule is CNCCCCS(=O)(=O)N(C)Cc1ccc(OC)cc1. The molecule has 114 valence electrons. The van der Waals surface area contributed by atoms with Gasteiger partial charge in [0.05, 0.1) is 12.9 Å². The Morgan fingerprint density at radius 2 is 1.85 bits per heavy atom. The molecule has 0 saturated carbocycles. The van der Waals surface area contributed by atoms with Crippen molar-refractivity contribution in [3.8, 4) is 5.75 Å². The lowest BCUT2D eigenvalue weighted by Gasteiger charge is -2.17. The first-order valence-electron chi connectivity index (χ1n) is 6.71. The molecular weight excluding hydrogens is 276 g/mol. The number of hydrogen-bond acceptors (Lipinski definition) is 4. The minimum absolute atomic E-state index is 0.196. The molecule has 0 saturated heterocycles. The van der Waals surface area contributed by atoms with E-state index >= 15 is 0 Å². The van der Waals surface area contributed by atoms with Gasteiger partial charge in [-0.05, 0) is 44.1 Å². The van der Waals surface area contributed by atoms with Crippen molar-refractivity contribution in [3.63, 3.8) is 0 Å². The van der Waals surface area contributed by atoms with Crippen LogP contribution >= 0.6 is 0 Å². The zero-order chi connectivity index (χ0) is 15.0. The molecule has 1 rings (SSSR count). The monoisotopic (exact) mass is 300 g/mol. The summed E-state index contributed by atoms with van der Waals surface area (Å²) < 4.78 is 30.7. The normalized spacial score (nSPS) is 11.8. The second-order valence-corrected chi connectivity index (χ2v) is 6.93. The predicted octanol–water partition coefficient (Wildman–Crippen LogP) is 1.46. The molecule has 1 N–H and O–H groups in total. The maximum Gasteiger partial charge on any atom is 0.214 e. The van der Waals surface area contributed by atoms with Crippen LogP contribution in [-0.2, 0) is 16.6 Å². The predicted molar refractivity (Wildman–Crippen MR) is 81.4 cm³/mol. The number of rotatable bonds is 9. The van der Waals surface area contributed by atoms with E-state index in [0.717, 1.165) is 24.3 Å². The number of unbranched alkanes of at least 4 members (excludes halogenated alkanes) is 1. The van der Waals surface area contributed by atoms with Crippen molar-refractivity contribution in [1.82, 2.24) is 9.62 Å². The topological polar surface area (TPSA) is 58.6 Å².